The van der Waals surface area contributed by atoms with Crippen LogP contribution in [0.15, 0.2) is 71.9 Å². The Hall–Kier alpha value is -2.65. The highest BCUT2D eigenvalue weighted by Crippen LogP contribution is 2.26. The molecule has 1 aromatic heterocycles. The molecule has 0 atom stereocenters. The first-order chi connectivity index (χ1) is 11.1. The lowest BCUT2D eigenvalue weighted by Crippen LogP contribution is -2.07. The van der Waals surface area contributed by atoms with Gasteiger partial charge in [0.25, 0.3) is 0 Å². The zero-order valence-electron chi connectivity index (χ0n) is 12.7. The summed E-state index contributed by atoms with van der Waals surface area (Å²) in [6.07, 6.45) is 1.64. The number of pyridine rings is 1. The SMILES string of the molecule is Cc1ccc(/C(=N\c2cccnc2Cl)c2ccccc2)c(N)c1. The molecule has 1 heterocycles. The van der Waals surface area contributed by atoms with Crippen molar-refractivity contribution >= 4 is 28.7 Å². The summed E-state index contributed by atoms with van der Waals surface area (Å²) in [6.45, 7) is 2.01. The molecule has 0 saturated carbocycles. The second-order valence-corrected chi connectivity index (χ2v) is 5.59. The van der Waals surface area contributed by atoms with Gasteiger partial charge in [-0.25, -0.2) is 9.98 Å². The summed E-state index contributed by atoms with van der Waals surface area (Å²) in [5.74, 6) is 0. The van der Waals surface area contributed by atoms with Crippen LogP contribution < -0.4 is 5.73 Å². The summed E-state index contributed by atoms with van der Waals surface area (Å²) in [4.78, 5) is 8.81. The second-order valence-electron chi connectivity index (χ2n) is 5.23. The molecule has 0 aliphatic carbocycles. The molecule has 0 saturated heterocycles. The molecule has 2 N–H and O–H groups in total. The van der Waals surface area contributed by atoms with Crippen LogP contribution in [-0.4, -0.2) is 10.7 Å². The molecule has 0 aliphatic rings. The van der Waals surface area contributed by atoms with Gasteiger partial charge in [0.15, 0.2) is 5.15 Å². The molecule has 3 nitrogen and oxygen atoms in total. The van der Waals surface area contributed by atoms with Gasteiger partial charge < -0.3 is 5.73 Å². The summed E-state index contributed by atoms with van der Waals surface area (Å²) in [7, 11) is 0. The van der Waals surface area contributed by atoms with E-state index >= 15 is 0 Å². The van der Waals surface area contributed by atoms with Crippen molar-refractivity contribution in [3.05, 3.63) is 88.7 Å². The van der Waals surface area contributed by atoms with Crippen LogP contribution in [0, 0.1) is 6.92 Å². The number of halogens is 1. The molecular weight excluding hydrogens is 306 g/mol. The summed E-state index contributed by atoms with van der Waals surface area (Å²) >= 11 is 6.16. The Labute approximate surface area is 140 Å². The van der Waals surface area contributed by atoms with Crippen LogP contribution in [-0.2, 0) is 0 Å². The molecule has 3 rings (SSSR count). The summed E-state index contributed by atoms with van der Waals surface area (Å²) in [5.41, 5.74) is 11.3. The number of benzene rings is 2. The van der Waals surface area contributed by atoms with E-state index < -0.39 is 0 Å². The zero-order chi connectivity index (χ0) is 16.2. The number of aromatic nitrogens is 1. The molecule has 114 valence electrons. The molecule has 0 radical (unpaired) electrons. The highest BCUT2D eigenvalue weighted by Gasteiger charge is 2.12. The lowest BCUT2D eigenvalue weighted by atomic mass is 9.99. The van der Waals surface area contributed by atoms with Crippen LogP contribution in [0.2, 0.25) is 5.15 Å². The Morgan fingerprint density at radius 1 is 1.04 bits per heavy atom. The monoisotopic (exact) mass is 321 g/mol. The van der Waals surface area contributed by atoms with Gasteiger partial charge in [0.2, 0.25) is 0 Å². The molecule has 23 heavy (non-hydrogen) atoms. The first-order valence-corrected chi connectivity index (χ1v) is 7.64. The molecule has 0 amide bonds. The Morgan fingerprint density at radius 2 is 1.83 bits per heavy atom. The van der Waals surface area contributed by atoms with E-state index in [1.165, 1.54) is 0 Å². The highest BCUT2D eigenvalue weighted by molar-refractivity contribution is 6.32. The molecule has 0 bridgehead atoms. The number of anilines is 1. The number of hydrogen-bond donors (Lipinski definition) is 1. The Bertz CT molecular complexity index is 857. The highest BCUT2D eigenvalue weighted by atomic mass is 35.5. The molecule has 3 aromatic rings. The van der Waals surface area contributed by atoms with Crippen molar-refractivity contribution in [3.63, 3.8) is 0 Å². The standard InChI is InChI=1S/C19H16ClN3/c1-13-9-10-15(16(21)12-13)18(14-6-3-2-4-7-14)23-17-8-5-11-22-19(17)20/h2-12H,21H2,1H3/b23-18-. The van der Waals surface area contributed by atoms with E-state index in [0.717, 1.165) is 22.4 Å². The van der Waals surface area contributed by atoms with Crippen molar-refractivity contribution in [2.75, 3.05) is 5.73 Å². The van der Waals surface area contributed by atoms with Crippen LogP contribution >= 0.6 is 11.6 Å². The van der Waals surface area contributed by atoms with Crippen LogP contribution in [0.3, 0.4) is 0 Å². The lowest BCUT2D eigenvalue weighted by Gasteiger charge is -2.11. The third-order valence-corrected chi connectivity index (χ3v) is 3.77. The number of aryl methyl sites for hydroxylation is 1. The quantitative estimate of drug-likeness (QED) is 0.428. The Kier molecular flexibility index (Phi) is 4.40. The predicted molar refractivity (Wildman–Crippen MR) is 96.6 cm³/mol. The molecular formula is C19H16ClN3. The van der Waals surface area contributed by atoms with Crippen molar-refractivity contribution in [2.45, 2.75) is 6.92 Å². The first-order valence-electron chi connectivity index (χ1n) is 7.26. The summed E-state index contributed by atoms with van der Waals surface area (Å²) < 4.78 is 0. The number of aliphatic imine (C=N–C) groups is 1. The van der Waals surface area contributed by atoms with Crippen LogP contribution in [0.5, 0.6) is 0 Å². The first kappa shape index (κ1) is 15.3. The zero-order valence-corrected chi connectivity index (χ0v) is 13.5. The number of nitrogen functional groups attached to an aromatic ring is 1. The maximum absolute atomic E-state index is 6.22. The van der Waals surface area contributed by atoms with Gasteiger partial charge in [-0.05, 0) is 30.7 Å². The normalized spacial score (nSPS) is 11.5. The second kappa shape index (κ2) is 6.63. The van der Waals surface area contributed by atoms with Gasteiger partial charge in [-0.3, -0.25) is 0 Å². The minimum atomic E-state index is 0.367. The van der Waals surface area contributed by atoms with Crippen molar-refractivity contribution in [1.82, 2.24) is 4.98 Å². The average Bonchev–Trinajstić information content (AvgIpc) is 2.56. The van der Waals surface area contributed by atoms with Gasteiger partial charge in [0.1, 0.15) is 5.69 Å². The van der Waals surface area contributed by atoms with Crippen molar-refractivity contribution in [3.8, 4) is 0 Å². The largest absolute Gasteiger partial charge is 0.398 e. The van der Waals surface area contributed by atoms with Crippen molar-refractivity contribution < 1.29 is 0 Å². The van der Waals surface area contributed by atoms with Crippen LogP contribution in [0.4, 0.5) is 11.4 Å². The molecule has 4 heteroatoms. The van der Waals surface area contributed by atoms with E-state index in [0.29, 0.717) is 16.5 Å². The maximum Gasteiger partial charge on any atom is 0.154 e. The van der Waals surface area contributed by atoms with E-state index in [1.54, 1.807) is 6.20 Å². The van der Waals surface area contributed by atoms with E-state index in [9.17, 15) is 0 Å². The predicted octanol–water partition coefficient (Wildman–Crippen LogP) is 4.79. The van der Waals surface area contributed by atoms with E-state index in [1.807, 2.05) is 67.6 Å². The fraction of sp³-hybridized carbons (Fsp3) is 0.0526. The number of nitrogens with two attached hydrogens (primary N) is 1. The maximum atomic E-state index is 6.22. The molecule has 2 aromatic carbocycles. The molecule has 0 fully saturated rings. The Morgan fingerprint density at radius 3 is 2.52 bits per heavy atom. The topological polar surface area (TPSA) is 51.3 Å². The fourth-order valence-corrected chi connectivity index (χ4v) is 2.52. The summed E-state index contributed by atoms with van der Waals surface area (Å²) in [5, 5.41) is 0.367. The van der Waals surface area contributed by atoms with Crippen molar-refractivity contribution in [2.24, 2.45) is 4.99 Å². The van der Waals surface area contributed by atoms with Gasteiger partial charge in [-0.1, -0.05) is 54.1 Å². The van der Waals surface area contributed by atoms with Gasteiger partial charge in [-0.2, -0.15) is 0 Å². The summed E-state index contributed by atoms with van der Waals surface area (Å²) in [6, 6.07) is 19.5. The van der Waals surface area contributed by atoms with Crippen LogP contribution in [0.1, 0.15) is 16.7 Å². The van der Waals surface area contributed by atoms with Gasteiger partial charge in [0.05, 0.1) is 5.71 Å². The number of nitrogens with zero attached hydrogens (tertiary/aromatic N) is 2. The van der Waals surface area contributed by atoms with Crippen molar-refractivity contribution in [1.29, 1.82) is 0 Å². The van der Waals surface area contributed by atoms with Crippen LogP contribution in [0.25, 0.3) is 0 Å². The van der Waals surface area contributed by atoms with E-state index in [2.05, 4.69) is 4.98 Å². The number of hydrogen-bond acceptors (Lipinski definition) is 3. The average molecular weight is 322 g/mol. The van der Waals surface area contributed by atoms with E-state index in [4.69, 9.17) is 22.3 Å². The van der Waals surface area contributed by atoms with Gasteiger partial charge in [-0.15, -0.1) is 0 Å². The minimum absolute atomic E-state index is 0.367. The van der Waals surface area contributed by atoms with Gasteiger partial charge in [0, 0.05) is 23.0 Å². The number of rotatable bonds is 3. The van der Waals surface area contributed by atoms with E-state index in [-0.39, 0.29) is 0 Å². The lowest BCUT2D eigenvalue weighted by molar-refractivity contribution is 1.30. The molecule has 0 spiro atoms. The third-order valence-electron chi connectivity index (χ3n) is 3.48. The molecule has 0 unspecified atom stereocenters. The third kappa shape index (κ3) is 3.41. The smallest absolute Gasteiger partial charge is 0.154 e. The Balaban J connectivity index is 2.21. The minimum Gasteiger partial charge on any atom is -0.398 e. The van der Waals surface area contributed by atoms with Gasteiger partial charge >= 0.3 is 0 Å². The molecule has 0 aliphatic heterocycles. The fourth-order valence-electron chi connectivity index (χ4n) is 2.36.